The molecule has 0 saturated carbocycles. The van der Waals surface area contributed by atoms with E-state index in [1.54, 1.807) is 0 Å². The second-order valence-electron chi connectivity index (χ2n) is 6.44. The van der Waals surface area contributed by atoms with Crippen molar-refractivity contribution in [2.75, 3.05) is 44.7 Å². The van der Waals surface area contributed by atoms with Crippen molar-refractivity contribution < 1.29 is 8.42 Å². The fourth-order valence-corrected chi connectivity index (χ4v) is 5.45. The van der Waals surface area contributed by atoms with Gasteiger partial charge in [0.25, 0.3) is 0 Å². The summed E-state index contributed by atoms with van der Waals surface area (Å²) in [6.07, 6.45) is 4.05. The Morgan fingerprint density at radius 2 is 2.00 bits per heavy atom. The molecule has 2 aliphatic heterocycles. The first-order valence-corrected chi connectivity index (χ1v) is 9.60. The molecule has 0 amide bonds. The molecule has 0 radical (unpaired) electrons. The highest BCUT2D eigenvalue weighted by Gasteiger charge is 2.42. The maximum absolute atomic E-state index is 11.7. The van der Waals surface area contributed by atoms with Crippen molar-refractivity contribution >= 4 is 9.84 Å². The maximum atomic E-state index is 11.7. The van der Waals surface area contributed by atoms with Crippen LogP contribution in [0.3, 0.4) is 0 Å². The van der Waals surface area contributed by atoms with E-state index in [0.29, 0.717) is 18.1 Å². The van der Waals surface area contributed by atoms with Gasteiger partial charge in [0, 0.05) is 18.1 Å². The molecule has 5 nitrogen and oxygen atoms in total. The van der Waals surface area contributed by atoms with Gasteiger partial charge in [0.2, 0.25) is 0 Å². The van der Waals surface area contributed by atoms with Gasteiger partial charge in [0.15, 0.2) is 9.84 Å². The molecule has 6 heteroatoms. The van der Waals surface area contributed by atoms with E-state index in [1.807, 2.05) is 0 Å². The number of likely N-dealkylation sites (N-methyl/N-ethyl adjacent to an activating group) is 1. The number of hydrogen-bond acceptors (Lipinski definition) is 5. The molecule has 1 atom stereocenters. The van der Waals surface area contributed by atoms with Crippen molar-refractivity contribution in [1.29, 1.82) is 0 Å². The summed E-state index contributed by atoms with van der Waals surface area (Å²) in [5.41, 5.74) is 6.08. The van der Waals surface area contributed by atoms with Gasteiger partial charge in [0.1, 0.15) is 0 Å². The third-order valence-corrected chi connectivity index (χ3v) is 6.96. The molecule has 2 heterocycles. The van der Waals surface area contributed by atoms with Crippen molar-refractivity contribution in [3.05, 3.63) is 0 Å². The van der Waals surface area contributed by atoms with Crippen molar-refractivity contribution in [2.45, 2.75) is 44.2 Å². The summed E-state index contributed by atoms with van der Waals surface area (Å²) in [6.45, 7) is 6.15. The van der Waals surface area contributed by atoms with Crippen LogP contribution in [0.1, 0.15) is 32.6 Å². The predicted octanol–water partition coefficient (Wildman–Crippen LogP) is 0.309. The zero-order chi connectivity index (χ0) is 14.8. The zero-order valence-corrected chi connectivity index (χ0v) is 13.7. The Hall–Kier alpha value is -0.170. The van der Waals surface area contributed by atoms with Crippen LogP contribution in [0, 0.1) is 0 Å². The lowest BCUT2D eigenvalue weighted by Gasteiger charge is -2.49. The van der Waals surface area contributed by atoms with Gasteiger partial charge >= 0.3 is 0 Å². The van der Waals surface area contributed by atoms with E-state index in [1.165, 1.54) is 6.42 Å². The van der Waals surface area contributed by atoms with Crippen molar-refractivity contribution in [2.24, 2.45) is 5.73 Å². The highest BCUT2D eigenvalue weighted by Crippen LogP contribution is 2.31. The Bertz CT molecular complexity index is 416. The first-order chi connectivity index (χ1) is 9.42. The molecular weight excluding hydrogens is 274 g/mol. The van der Waals surface area contributed by atoms with Crippen LogP contribution >= 0.6 is 0 Å². The van der Waals surface area contributed by atoms with Gasteiger partial charge in [-0.1, -0.05) is 6.92 Å². The zero-order valence-electron chi connectivity index (χ0n) is 12.8. The molecule has 0 spiro atoms. The summed E-state index contributed by atoms with van der Waals surface area (Å²) >= 11 is 0. The Morgan fingerprint density at radius 3 is 2.45 bits per heavy atom. The van der Waals surface area contributed by atoms with E-state index in [9.17, 15) is 8.42 Å². The maximum Gasteiger partial charge on any atom is 0.151 e. The van der Waals surface area contributed by atoms with Crippen LogP contribution in [-0.4, -0.2) is 74.5 Å². The topological polar surface area (TPSA) is 66.6 Å². The summed E-state index contributed by atoms with van der Waals surface area (Å²) in [5, 5.41) is 0. The van der Waals surface area contributed by atoms with Crippen molar-refractivity contribution in [3.8, 4) is 0 Å². The summed E-state index contributed by atoms with van der Waals surface area (Å²) in [7, 11) is -0.749. The SMILES string of the molecule is CCCN1CCC(CN)(N(C)C2CCS(=O)(=O)C2)CC1. The second-order valence-corrected chi connectivity index (χ2v) is 8.67. The quantitative estimate of drug-likeness (QED) is 0.792. The van der Waals surface area contributed by atoms with Crippen LogP contribution in [0.25, 0.3) is 0 Å². The number of sulfone groups is 1. The average Bonchev–Trinajstić information content (AvgIpc) is 2.80. The number of nitrogens with zero attached hydrogens (tertiary/aromatic N) is 2. The monoisotopic (exact) mass is 303 g/mol. The Morgan fingerprint density at radius 1 is 1.35 bits per heavy atom. The van der Waals surface area contributed by atoms with Gasteiger partial charge in [-0.05, 0) is 52.4 Å². The second kappa shape index (κ2) is 6.30. The standard InChI is InChI=1S/C14H29N3O2S/c1-3-7-17-8-5-14(12-15,6-9-17)16(2)13-4-10-20(18,19)11-13/h13H,3-12,15H2,1-2H3. The molecule has 2 aliphatic rings. The average molecular weight is 303 g/mol. The third kappa shape index (κ3) is 3.35. The minimum Gasteiger partial charge on any atom is -0.329 e. The molecule has 2 saturated heterocycles. The first-order valence-electron chi connectivity index (χ1n) is 7.78. The van der Waals surface area contributed by atoms with Gasteiger partial charge < -0.3 is 10.6 Å². The molecule has 1 unspecified atom stereocenters. The highest BCUT2D eigenvalue weighted by molar-refractivity contribution is 7.91. The lowest BCUT2D eigenvalue weighted by molar-refractivity contribution is 0.0230. The lowest BCUT2D eigenvalue weighted by Crippen LogP contribution is -2.61. The number of rotatable bonds is 5. The number of nitrogens with two attached hydrogens (primary N) is 1. The molecule has 2 rings (SSSR count). The summed E-state index contributed by atoms with van der Waals surface area (Å²) in [5.74, 6) is 0.647. The van der Waals surface area contributed by atoms with Crippen molar-refractivity contribution in [3.63, 3.8) is 0 Å². The van der Waals surface area contributed by atoms with Crippen LogP contribution in [-0.2, 0) is 9.84 Å². The Labute approximate surface area is 123 Å². The van der Waals surface area contributed by atoms with Crippen LogP contribution in [0.5, 0.6) is 0 Å². The van der Waals surface area contributed by atoms with Gasteiger partial charge in [-0.2, -0.15) is 0 Å². The molecule has 0 bridgehead atoms. The Kier molecular flexibility index (Phi) is 5.10. The molecule has 2 fully saturated rings. The molecule has 118 valence electrons. The minimum absolute atomic E-state index is 0.00519. The molecule has 0 aromatic heterocycles. The van der Waals surface area contributed by atoms with Gasteiger partial charge in [-0.3, -0.25) is 4.90 Å². The van der Waals surface area contributed by atoms with E-state index in [2.05, 4.69) is 23.8 Å². The van der Waals surface area contributed by atoms with Crippen LogP contribution in [0.2, 0.25) is 0 Å². The number of hydrogen-bond donors (Lipinski definition) is 1. The van der Waals surface area contributed by atoms with Gasteiger partial charge in [0.05, 0.1) is 11.5 Å². The lowest BCUT2D eigenvalue weighted by atomic mass is 9.84. The molecule has 2 N–H and O–H groups in total. The molecule has 0 aliphatic carbocycles. The van der Waals surface area contributed by atoms with Crippen molar-refractivity contribution in [1.82, 2.24) is 9.80 Å². The van der Waals surface area contributed by atoms with Crippen LogP contribution in [0.15, 0.2) is 0 Å². The summed E-state index contributed by atoms with van der Waals surface area (Å²) in [6, 6.07) is 0.154. The largest absolute Gasteiger partial charge is 0.329 e. The predicted molar refractivity (Wildman–Crippen MR) is 82.6 cm³/mol. The normalized spacial score (nSPS) is 29.9. The van der Waals surface area contributed by atoms with Gasteiger partial charge in [-0.25, -0.2) is 8.42 Å². The Balaban J connectivity index is 2.01. The molecule has 20 heavy (non-hydrogen) atoms. The smallest absolute Gasteiger partial charge is 0.151 e. The summed E-state index contributed by atoms with van der Waals surface area (Å²) in [4.78, 5) is 4.79. The molecule has 0 aromatic rings. The van der Waals surface area contributed by atoms with E-state index in [0.717, 1.165) is 38.9 Å². The fourth-order valence-electron chi connectivity index (χ4n) is 3.68. The fraction of sp³-hybridized carbons (Fsp3) is 1.00. The van der Waals surface area contributed by atoms with Gasteiger partial charge in [-0.15, -0.1) is 0 Å². The minimum atomic E-state index is -2.83. The highest BCUT2D eigenvalue weighted by atomic mass is 32.2. The summed E-state index contributed by atoms with van der Waals surface area (Å²) < 4.78 is 23.4. The van der Waals surface area contributed by atoms with E-state index in [4.69, 9.17) is 5.73 Å². The first kappa shape index (κ1) is 16.2. The van der Waals surface area contributed by atoms with Crippen LogP contribution < -0.4 is 5.73 Å². The van der Waals surface area contributed by atoms with E-state index < -0.39 is 9.84 Å². The molecular formula is C14H29N3O2S. The van der Waals surface area contributed by atoms with E-state index >= 15 is 0 Å². The number of likely N-dealkylation sites (tertiary alicyclic amines) is 1. The van der Waals surface area contributed by atoms with Crippen LogP contribution in [0.4, 0.5) is 0 Å². The van der Waals surface area contributed by atoms with E-state index in [-0.39, 0.29) is 11.6 Å². The third-order valence-electron chi connectivity index (χ3n) is 5.21. The number of piperidine rings is 1. The molecule has 0 aromatic carbocycles.